The number of nitrogens with zero attached hydrogens (tertiary/aromatic N) is 2. The molecule has 136 valence electrons. The van der Waals surface area contributed by atoms with Gasteiger partial charge in [-0.2, -0.15) is 0 Å². The normalized spacial score (nSPS) is 19.3. The molecule has 0 unspecified atom stereocenters. The Balaban J connectivity index is 1.57. The van der Waals surface area contributed by atoms with Crippen LogP contribution in [0.1, 0.15) is 27.8 Å². The van der Waals surface area contributed by atoms with Gasteiger partial charge in [0.2, 0.25) is 0 Å². The standard InChI is InChI=1S/C19H21N3O4/c1-12-9-13(20)10-15(21-12)17-11-22(5-6-24-17)19(23)14-3-2-4-16-18(14)26-8-7-25-16/h2-4,9-10,17H,5-8,11H2,1H3,(H2,20,21)/t17-/m1/s1. The van der Waals surface area contributed by atoms with Gasteiger partial charge in [-0.25, -0.2) is 0 Å². The van der Waals surface area contributed by atoms with Gasteiger partial charge in [0.05, 0.1) is 24.4 Å². The maximum atomic E-state index is 13.1. The van der Waals surface area contributed by atoms with Crippen molar-refractivity contribution in [1.29, 1.82) is 0 Å². The number of hydrogen-bond acceptors (Lipinski definition) is 6. The Kier molecular flexibility index (Phi) is 4.38. The Morgan fingerprint density at radius 2 is 2.08 bits per heavy atom. The number of carbonyl (C=O) groups is 1. The molecule has 2 aliphatic rings. The average molecular weight is 355 g/mol. The maximum Gasteiger partial charge on any atom is 0.257 e. The van der Waals surface area contributed by atoms with E-state index in [1.807, 2.05) is 25.1 Å². The number of morpholine rings is 1. The zero-order valence-electron chi connectivity index (χ0n) is 14.6. The van der Waals surface area contributed by atoms with E-state index in [2.05, 4.69) is 4.98 Å². The molecule has 3 heterocycles. The Morgan fingerprint density at radius 3 is 2.92 bits per heavy atom. The fourth-order valence-electron chi connectivity index (χ4n) is 3.31. The number of hydrogen-bond donors (Lipinski definition) is 1. The van der Waals surface area contributed by atoms with E-state index in [0.717, 1.165) is 11.4 Å². The van der Waals surface area contributed by atoms with Crippen LogP contribution in [0.15, 0.2) is 30.3 Å². The van der Waals surface area contributed by atoms with E-state index in [9.17, 15) is 4.79 Å². The van der Waals surface area contributed by atoms with Crippen LogP contribution in [0.4, 0.5) is 5.69 Å². The molecule has 1 aromatic carbocycles. The van der Waals surface area contributed by atoms with E-state index in [4.69, 9.17) is 19.9 Å². The molecular weight excluding hydrogens is 334 g/mol. The first-order valence-electron chi connectivity index (χ1n) is 8.65. The molecule has 0 radical (unpaired) electrons. The predicted octanol–water partition coefficient (Wildman–Crippen LogP) is 1.96. The van der Waals surface area contributed by atoms with E-state index < -0.39 is 0 Å². The number of aromatic nitrogens is 1. The van der Waals surface area contributed by atoms with Crippen molar-refractivity contribution in [2.75, 3.05) is 38.6 Å². The second-order valence-electron chi connectivity index (χ2n) is 6.41. The highest BCUT2D eigenvalue weighted by atomic mass is 16.6. The van der Waals surface area contributed by atoms with Gasteiger partial charge in [-0.1, -0.05) is 6.07 Å². The van der Waals surface area contributed by atoms with Gasteiger partial charge in [-0.05, 0) is 31.2 Å². The Morgan fingerprint density at radius 1 is 1.23 bits per heavy atom. The highest BCUT2D eigenvalue weighted by Crippen LogP contribution is 2.35. The van der Waals surface area contributed by atoms with Gasteiger partial charge in [0.1, 0.15) is 19.3 Å². The minimum absolute atomic E-state index is 0.0960. The SMILES string of the molecule is Cc1cc(N)cc([C@H]2CN(C(=O)c3cccc4c3OCCO4)CCO2)n1. The van der Waals surface area contributed by atoms with Crippen molar-refractivity contribution >= 4 is 11.6 Å². The second-order valence-corrected chi connectivity index (χ2v) is 6.41. The molecular formula is C19H21N3O4. The number of rotatable bonds is 2. The number of fused-ring (bicyclic) bond motifs is 1. The molecule has 4 rings (SSSR count). The number of nitrogens with two attached hydrogens (primary N) is 1. The van der Waals surface area contributed by atoms with Crippen LogP contribution in [0.3, 0.4) is 0 Å². The van der Waals surface area contributed by atoms with Crippen molar-refractivity contribution in [3.8, 4) is 11.5 Å². The summed E-state index contributed by atoms with van der Waals surface area (Å²) in [7, 11) is 0. The van der Waals surface area contributed by atoms with Gasteiger partial charge >= 0.3 is 0 Å². The molecule has 7 heteroatoms. The highest BCUT2D eigenvalue weighted by molar-refractivity contribution is 5.98. The minimum Gasteiger partial charge on any atom is -0.486 e. The predicted molar refractivity (Wildman–Crippen MR) is 95.4 cm³/mol. The summed E-state index contributed by atoms with van der Waals surface area (Å²) in [6, 6.07) is 8.99. The van der Waals surface area contributed by atoms with Gasteiger partial charge in [-0.3, -0.25) is 9.78 Å². The fourth-order valence-corrected chi connectivity index (χ4v) is 3.31. The minimum atomic E-state index is -0.299. The zero-order chi connectivity index (χ0) is 18.1. The summed E-state index contributed by atoms with van der Waals surface area (Å²) in [5.74, 6) is 1.03. The Hall–Kier alpha value is -2.80. The summed E-state index contributed by atoms with van der Waals surface area (Å²) in [5.41, 5.74) is 8.65. The molecule has 1 saturated heterocycles. The summed E-state index contributed by atoms with van der Waals surface area (Å²) < 4.78 is 17.1. The van der Waals surface area contributed by atoms with Gasteiger partial charge in [0, 0.05) is 17.9 Å². The molecule has 26 heavy (non-hydrogen) atoms. The zero-order valence-corrected chi connectivity index (χ0v) is 14.6. The van der Waals surface area contributed by atoms with Gasteiger partial charge in [0.25, 0.3) is 5.91 Å². The van der Waals surface area contributed by atoms with E-state index in [0.29, 0.717) is 55.7 Å². The van der Waals surface area contributed by atoms with Crippen LogP contribution in [0.5, 0.6) is 11.5 Å². The molecule has 0 aliphatic carbocycles. The summed E-state index contributed by atoms with van der Waals surface area (Å²) in [4.78, 5) is 19.3. The number of aryl methyl sites for hydroxylation is 1. The van der Waals surface area contributed by atoms with E-state index >= 15 is 0 Å². The Labute approximate surface area is 151 Å². The average Bonchev–Trinajstić information content (AvgIpc) is 2.66. The topological polar surface area (TPSA) is 86.9 Å². The van der Waals surface area contributed by atoms with Crippen LogP contribution in [0.25, 0.3) is 0 Å². The largest absolute Gasteiger partial charge is 0.486 e. The van der Waals surface area contributed by atoms with Crippen LogP contribution in [0, 0.1) is 6.92 Å². The molecule has 2 aliphatic heterocycles. The number of pyridine rings is 1. The summed E-state index contributed by atoms with van der Waals surface area (Å²) in [5, 5.41) is 0. The molecule has 0 bridgehead atoms. The van der Waals surface area contributed by atoms with Crippen LogP contribution in [-0.2, 0) is 4.74 Å². The van der Waals surface area contributed by atoms with Crippen molar-refractivity contribution in [1.82, 2.24) is 9.88 Å². The van der Waals surface area contributed by atoms with E-state index in [-0.39, 0.29) is 12.0 Å². The Bertz CT molecular complexity index is 819. The molecule has 2 aromatic rings. The number of para-hydroxylation sites is 1. The summed E-state index contributed by atoms with van der Waals surface area (Å²) >= 11 is 0. The first-order chi connectivity index (χ1) is 12.6. The lowest BCUT2D eigenvalue weighted by Crippen LogP contribution is -2.42. The summed E-state index contributed by atoms with van der Waals surface area (Å²) in [6.07, 6.45) is -0.299. The molecule has 1 amide bonds. The van der Waals surface area contributed by atoms with Gasteiger partial charge < -0.3 is 24.8 Å². The lowest BCUT2D eigenvalue weighted by atomic mass is 10.1. The molecule has 2 N–H and O–H groups in total. The number of ether oxygens (including phenoxy) is 3. The van der Waals surface area contributed by atoms with Crippen molar-refractivity contribution < 1.29 is 19.0 Å². The van der Waals surface area contributed by atoms with Gasteiger partial charge in [-0.15, -0.1) is 0 Å². The highest BCUT2D eigenvalue weighted by Gasteiger charge is 2.30. The second kappa shape index (κ2) is 6.84. The van der Waals surface area contributed by atoms with Crippen molar-refractivity contribution in [3.05, 3.63) is 47.3 Å². The van der Waals surface area contributed by atoms with Gasteiger partial charge in [0.15, 0.2) is 11.5 Å². The summed E-state index contributed by atoms with van der Waals surface area (Å²) in [6.45, 7) is 4.19. The third kappa shape index (κ3) is 3.17. The number of anilines is 1. The van der Waals surface area contributed by atoms with Crippen LogP contribution < -0.4 is 15.2 Å². The lowest BCUT2D eigenvalue weighted by Gasteiger charge is -2.33. The number of benzene rings is 1. The smallest absolute Gasteiger partial charge is 0.257 e. The van der Waals surface area contributed by atoms with Crippen LogP contribution >= 0.6 is 0 Å². The molecule has 7 nitrogen and oxygen atoms in total. The molecule has 1 aromatic heterocycles. The molecule has 0 saturated carbocycles. The number of nitrogen functional groups attached to an aromatic ring is 1. The molecule has 1 fully saturated rings. The molecule has 1 atom stereocenters. The van der Waals surface area contributed by atoms with E-state index in [1.54, 1.807) is 17.0 Å². The van der Waals surface area contributed by atoms with E-state index in [1.165, 1.54) is 0 Å². The fraction of sp³-hybridized carbons (Fsp3) is 0.368. The number of carbonyl (C=O) groups excluding carboxylic acids is 1. The first-order valence-corrected chi connectivity index (χ1v) is 8.65. The lowest BCUT2D eigenvalue weighted by molar-refractivity contribution is -0.0249. The van der Waals surface area contributed by atoms with Crippen LogP contribution in [-0.4, -0.2) is 48.7 Å². The quantitative estimate of drug-likeness (QED) is 0.886. The third-order valence-corrected chi connectivity index (χ3v) is 4.48. The van der Waals surface area contributed by atoms with Crippen molar-refractivity contribution in [3.63, 3.8) is 0 Å². The first kappa shape index (κ1) is 16.7. The van der Waals surface area contributed by atoms with Crippen molar-refractivity contribution in [2.24, 2.45) is 0 Å². The molecule has 0 spiro atoms. The number of amides is 1. The maximum absolute atomic E-state index is 13.1. The van der Waals surface area contributed by atoms with Crippen molar-refractivity contribution in [2.45, 2.75) is 13.0 Å². The van der Waals surface area contributed by atoms with Crippen LogP contribution in [0.2, 0.25) is 0 Å². The third-order valence-electron chi connectivity index (χ3n) is 4.48. The monoisotopic (exact) mass is 355 g/mol.